The second-order valence-electron chi connectivity index (χ2n) is 4.20. The van der Waals surface area contributed by atoms with Gasteiger partial charge in [-0.25, -0.2) is 0 Å². The Hall–Kier alpha value is -1.62. The molecule has 0 heterocycles. The van der Waals surface area contributed by atoms with Crippen molar-refractivity contribution >= 4 is 23.0 Å². The summed E-state index contributed by atoms with van der Waals surface area (Å²) in [6, 6.07) is 7.23. The molecule has 0 aliphatic heterocycles. The van der Waals surface area contributed by atoms with Gasteiger partial charge in [0, 0.05) is 6.04 Å². The molecule has 0 radical (unpaired) electrons. The summed E-state index contributed by atoms with van der Waals surface area (Å²) < 4.78 is 0. The van der Waals surface area contributed by atoms with Crippen molar-refractivity contribution in [2.24, 2.45) is 5.10 Å². The van der Waals surface area contributed by atoms with Crippen LogP contribution in [0.4, 0.5) is 0 Å². The van der Waals surface area contributed by atoms with E-state index in [9.17, 15) is 5.11 Å². The summed E-state index contributed by atoms with van der Waals surface area (Å²) in [4.78, 5) is 0. The number of benzene rings is 1. The van der Waals surface area contributed by atoms with Crippen molar-refractivity contribution in [3.8, 4) is 5.75 Å². The number of hydrazone groups is 1. The van der Waals surface area contributed by atoms with Crippen LogP contribution in [0.25, 0.3) is 0 Å². The standard InChI is InChI=1S/C13H19N3OS/c1-4-12(10-5-7-11(17)8-6-10)15-16-13(18)14-9(2)3/h5-9,17H,4H2,1-3H3,(H2,14,16,18)/b15-12+. The van der Waals surface area contributed by atoms with Gasteiger partial charge in [0.25, 0.3) is 0 Å². The lowest BCUT2D eigenvalue weighted by Crippen LogP contribution is -2.37. The van der Waals surface area contributed by atoms with E-state index in [0.717, 1.165) is 17.7 Å². The number of rotatable bonds is 4. The van der Waals surface area contributed by atoms with Crippen LogP contribution in [0.1, 0.15) is 32.8 Å². The maximum absolute atomic E-state index is 9.24. The normalized spacial score (nSPS) is 11.4. The molecule has 0 amide bonds. The van der Waals surface area contributed by atoms with Gasteiger partial charge in [-0.05, 0) is 62.3 Å². The Morgan fingerprint density at radius 2 is 1.94 bits per heavy atom. The number of nitrogens with zero attached hydrogens (tertiary/aromatic N) is 1. The number of thiocarbonyl (C=S) groups is 1. The summed E-state index contributed by atoms with van der Waals surface area (Å²) in [5.41, 5.74) is 4.68. The minimum absolute atomic E-state index is 0.249. The third-order valence-electron chi connectivity index (χ3n) is 2.25. The van der Waals surface area contributed by atoms with Gasteiger partial charge in [-0.3, -0.25) is 5.43 Å². The van der Waals surface area contributed by atoms with Gasteiger partial charge in [0.1, 0.15) is 5.75 Å². The Labute approximate surface area is 113 Å². The van der Waals surface area contributed by atoms with Crippen molar-refractivity contribution in [1.29, 1.82) is 0 Å². The van der Waals surface area contributed by atoms with Crippen molar-refractivity contribution in [1.82, 2.24) is 10.7 Å². The van der Waals surface area contributed by atoms with E-state index in [2.05, 4.69) is 15.8 Å². The fraction of sp³-hybridized carbons (Fsp3) is 0.385. The number of aromatic hydroxyl groups is 1. The second-order valence-corrected chi connectivity index (χ2v) is 4.61. The van der Waals surface area contributed by atoms with Crippen LogP contribution < -0.4 is 10.7 Å². The van der Waals surface area contributed by atoms with Crippen LogP contribution in [-0.4, -0.2) is 22.0 Å². The van der Waals surface area contributed by atoms with E-state index in [1.807, 2.05) is 32.9 Å². The van der Waals surface area contributed by atoms with E-state index in [1.54, 1.807) is 12.1 Å². The van der Waals surface area contributed by atoms with E-state index in [-0.39, 0.29) is 11.8 Å². The highest BCUT2D eigenvalue weighted by Crippen LogP contribution is 2.11. The second kappa shape index (κ2) is 6.96. The van der Waals surface area contributed by atoms with Crippen molar-refractivity contribution in [2.75, 3.05) is 0 Å². The Morgan fingerprint density at radius 1 is 1.33 bits per heavy atom. The van der Waals surface area contributed by atoms with E-state index in [4.69, 9.17) is 12.2 Å². The van der Waals surface area contributed by atoms with Gasteiger partial charge in [-0.15, -0.1) is 0 Å². The number of phenols is 1. The molecule has 0 saturated heterocycles. The highest BCUT2D eigenvalue weighted by molar-refractivity contribution is 7.80. The highest BCUT2D eigenvalue weighted by atomic mass is 32.1. The largest absolute Gasteiger partial charge is 0.508 e. The number of phenolic OH excluding ortho intramolecular Hbond substituents is 1. The molecule has 0 aliphatic carbocycles. The monoisotopic (exact) mass is 265 g/mol. The highest BCUT2D eigenvalue weighted by Gasteiger charge is 2.02. The molecule has 0 saturated carbocycles. The minimum atomic E-state index is 0.249. The Morgan fingerprint density at radius 3 is 2.44 bits per heavy atom. The van der Waals surface area contributed by atoms with Gasteiger partial charge in [0.2, 0.25) is 0 Å². The third-order valence-corrected chi connectivity index (χ3v) is 2.46. The zero-order valence-corrected chi connectivity index (χ0v) is 11.7. The number of hydrogen-bond donors (Lipinski definition) is 3. The van der Waals surface area contributed by atoms with Gasteiger partial charge in [0.05, 0.1) is 5.71 Å². The molecular formula is C13H19N3OS. The lowest BCUT2D eigenvalue weighted by atomic mass is 10.1. The predicted molar refractivity (Wildman–Crippen MR) is 78.9 cm³/mol. The van der Waals surface area contributed by atoms with E-state index in [0.29, 0.717) is 5.11 Å². The molecule has 0 aromatic heterocycles. The minimum Gasteiger partial charge on any atom is -0.508 e. The van der Waals surface area contributed by atoms with Gasteiger partial charge in [-0.2, -0.15) is 5.10 Å². The van der Waals surface area contributed by atoms with Crippen LogP contribution in [0.2, 0.25) is 0 Å². The molecule has 0 atom stereocenters. The lowest BCUT2D eigenvalue weighted by Gasteiger charge is -2.11. The van der Waals surface area contributed by atoms with Crippen LogP contribution in [0.5, 0.6) is 5.75 Å². The maximum Gasteiger partial charge on any atom is 0.187 e. The summed E-state index contributed by atoms with van der Waals surface area (Å²) >= 11 is 5.10. The molecule has 3 N–H and O–H groups in total. The number of nitrogens with one attached hydrogen (secondary N) is 2. The average molecular weight is 265 g/mol. The smallest absolute Gasteiger partial charge is 0.187 e. The predicted octanol–water partition coefficient (Wildman–Crippen LogP) is 2.38. The summed E-state index contributed by atoms with van der Waals surface area (Å²) in [7, 11) is 0. The molecule has 4 nitrogen and oxygen atoms in total. The molecule has 1 aromatic rings. The SMILES string of the molecule is CC/C(=N\NC(=S)NC(C)C)c1ccc(O)cc1. The first-order valence-corrected chi connectivity index (χ1v) is 6.36. The Bertz CT molecular complexity index is 426. The van der Waals surface area contributed by atoms with Crippen LogP contribution >= 0.6 is 12.2 Å². The van der Waals surface area contributed by atoms with Crippen molar-refractivity contribution in [3.05, 3.63) is 29.8 Å². The van der Waals surface area contributed by atoms with Crippen LogP contribution in [0.3, 0.4) is 0 Å². The summed E-state index contributed by atoms with van der Waals surface area (Å²) in [5, 5.41) is 17.1. The molecule has 0 bridgehead atoms. The lowest BCUT2D eigenvalue weighted by molar-refractivity contribution is 0.475. The first kappa shape index (κ1) is 14.4. The Kier molecular flexibility index (Phi) is 5.58. The van der Waals surface area contributed by atoms with E-state index in [1.165, 1.54) is 0 Å². The quantitative estimate of drug-likeness (QED) is 0.444. The molecule has 18 heavy (non-hydrogen) atoms. The molecule has 5 heteroatoms. The molecule has 1 aromatic carbocycles. The molecule has 0 aliphatic rings. The summed E-state index contributed by atoms with van der Waals surface area (Å²) in [6.45, 7) is 6.04. The first-order valence-electron chi connectivity index (χ1n) is 5.95. The fourth-order valence-corrected chi connectivity index (χ4v) is 1.70. The Balaban J connectivity index is 2.71. The first-order chi connectivity index (χ1) is 8.52. The zero-order chi connectivity index (χ0) is 13.5. The fourth-order valence-electron chi connectivity index (χ4n) is 1.41. The molecule has 0 fully saturated rings. The molecule has 0 unspecified atom stereocenters. The van der Waals surface area contributed by atoms with Crippen LogP contribution in [-0.2, 0) is 0 Å². The van der Waals surface area contributed by atoms with Gasteiger partial charge in [-0.1, -0.05) is 6.92 Å². The van der Waals surface area contributed by atoms with Gasteiger partial charge < -0.3 is 10.4 Å². The topological polar surface area (TPSA) is 56.7 Å². The van der Waals surface area contributed by atoms with Crippen LogP contribution in [0, 0.1) is 0 Å². The zero-order valence-electron chi connectivity index (χ0n) is 10.9. The summed E-state index contributed by atoms with van der Waals surface area (Å²) in [5.74, 6) is 0.249. The molecule has 98 valence electrons. The summed E-state index contributed by atoms with van der Waals surface area (Å²) in [6.07, 6.45) is 0.780. The van der Waals surface area contributed by atoms with Gasteiger partial charge in [0.15, 0.2) is 5.11 Å². The molecule has 0 spiro atoms. The molecular weight excluding hydrogens is 246 g/mol. The molecule has 1 rings (SSSR count). The average Bonchev–Trinajstić information content (AvgIpc) is 2.31. The van der Waals surface area contributed by atoms with Gasteiger partial charge >= 0.3 is 0 Å². The van der Waals surface area contributed by atoms with Crippen molar-refractivity contribution in [3.63, 3.8) is 0 Å². The van der Waals surface area contributed by atoms with E-state index < -0.39 is 0 Å². The van der Waals surface area contributed by atoms with Crippen molar-refractivity contribution in [2.45, 2.75) is 33.2 Å². The van der Waals surface area contributed by atoms with Crippen molar-refractivity contribution < 1.29 is 5.11 Å². The number of hydrogen-bond acceptors (Lipinski definition) is 3. The van der Waals surface area contributed by atoms with E-state index >= 15 is 0 Å². The third kappa shape index (κ3) is 4.71. The van der Waals surface area contributed by atoms with Crippen LogP contribution in [0.15, 0.2) is 29.4 Å². The maximum atomic E-state index is 9.24.